The SMILES string of the molecule is Cc1cccnc1[C@@H](C)NC(=O)c1cc2cccc(Cl)c2n1C. The molecule has 1 aromatic carbocycles. The van der Waals surface area contributed by atoms with Gasteiger partial charge < -0.3 is 9.88 Å². The summed E-state index contributed by atoms with van der Waals surface area (Å²) in [5.74, 6) is -0.141. The summed E-state index contributed by atoms with van der Waals surface area (Å²) in [6.07, 6.45) is 1.74. The number of fused-ring (bicyclic) bond motifs is 1. The summed E-state index contributed by atoms with van der Waals surface area (Å²) in [4.78, 5) is 17.0. The van der Waals surface area contributed by atoms with E-state index in [0.29, 0.717) is 10.7 Å². The molecule has 0 bridgehead atoms. The molecule has 0 spiro atoms. The fraction of sp³-hybridized carbons (Fsp3) is 0.222. The van der Waals surface area contributed by atoms with E-state index in [2.05, 4.69) is 10.3 Å². The Hall–Kier alpha value is -2.33. The summed E-state index contributed by atoms with van der Waals surface area (Å²) in [6, 6.07) is 11.2. The van der Waals surface area contributed by atoms with Gasteiger partial charge in [0.2, 0.25) is 0 Å². The van der Waals surface area contributed by atoms with Crippen molar-refractivity contribution in [2.75, 3.05) is 0 Å². The first-order valence-electron chi connectivity index (χ1n) is 7.45. The van der Waals surface area contributed by atoms with Crippen molar-refractivity contribution in [3.63, 3.8) is 0 Å². The van der Waals surface area contributed by atoms with Crippen LogP contribution in [0.4, 0.5) is 0 Å². The minimum Gasteiger partial charge on any atom is -0.343 e. The molecular formula is C18H18ClN3O. The van der Waals surface area contributed by atoms with Gasteiger partial charge in [-0.2, -0.15) is 0 Å². The molecule has 0 aliphatic rings. The molecule has 0 radical (unpaired) electrons. The van der Waals surface area contributed by atoms with Crippen LogP contribution in [0.3, 0.4) is 0 Å². The van der Waals surface area contributed by atoms with Gasteiger partial charge in [-0.1, -0.05) is 29.8 Å². The van der Waals surface area contributed by atoms with E-state index in [0.717, 1.165) is 22.2 Å². The van der Waals surface area contributed by atoms with Crippen LogP contribution < -0.4 is 5.32 Å². The second-order valence-corrected chi connectivity index (χ2v) is 6.07. The van der Waals surface area contributed by atoms with Gasteiger partial charge in [-0.05, 0) is 37.6 Å². The molecule has 0 aliphatic heterocycles. The van der Waals surface area contributed by atoms with Gasteiger partial charge in [0.15, 0.2) is 0 Å². The molecule has 1 N–H and O–H groups in total. The zero-order valence-corrected chi connectivity index (χ0v) is 14.1. The molecule has 0 saturated carbocycles. The number of rotatable bonds is 3. The third-order valence-electron chi connectivity index (χ3n) is 4.05. The average Bonchev–Trinajstić information content (AvgIpc) is 2.86. The summed E-state index contributed by atoms with van der Waals surface area (Å²) in [6.45, 7) is 3.92. The first kappa shape index (κ1) is 15.6. The zero-order chi connectivity index (χ0) is 16.6. The molecule has 2 aromatic heterocycles. The lowest BCUT2D eigenvalue weighted by molar-refractivity contribution is 0.0931. The van der Waals surface area contributed by atoms with Gasteiger partial charge in [-0.3, -0.25) is 9.78 Å². The quantitative estimate of drug-likeness (QED) is 0.789. The maximum absolute atomic E-state index is 12.6. The third-order valence-corrected chi connectivity index (χ3v) is 4.35. The zero-order valence-electron chi connectivity index (χ0n) is 13.3. The minimum absolute atomic E-state index is 0.141. The molecule has 4 nitrogen and oxygen atoms in total. The largest absolute Gasteiger partial charge is 0.343 e. The van der Waals surface area contributed by atoms with Crippen molar-refractivity contribution in [1.82, 2.24) is 14.9 Å². The summed E-state index contributed by atoms with van der Waals surface area (Å²) in [5.41, 5.74) is 3.37. The van der Waals surface area contributed by atoms with E-state index in [9.17, 15) is 4.79 Å². The monoisotopic (exact) mass is 327 g/mol. The van der Waals surface area contributed by atoms with E-state index in [1.54, 1.807) is 6.20 Å². The van der Waals surface area contributed by atoms with Crippen LogP contribution in [0.15, 0.2) is 42.6 Å². The number of para-hydroxylation sites is 1. The Morgan fingerprint density at radius 2 is 2.09 bits per heavy atom. The van der Waals surface area contributed by atoms with Crippen molar-refractivity contribution >= 4 is 28.4 Å². The van der Waals surface area contributed by atoms with Crippen LogP contribution in [0.2, 0.25) is 5.02 Å². The second-order valence-electron chi connectivity index (χ2n) is 5.67. The second kappa shape index (κ2) is 6.05. The molecule has 0 saturated heterocycles. The molecule has 5 heteroatoms. The molecule has 1 amide bonds. The highest BCUT2D eigenvalue weighted by molar-refractivity contribution is 6.35. The van der Waals surface area contributed by atoms with E-state index in [1.165, 1.54) is 0 Å². The fourth-order valence-electron chi connectivity index (χ4n) is 2.87. The first-order valence-corrected chi connectivity index (χ1v) is 7.83. The molecule has 0 aliphatic carbocycles. The smallest absolute Gasteiger partial charge is 0.268 e. The molecular weight excluding hydrogens is 310 g/mol. The Morgan fingerprint density at radius 3 is 2.78 bits per heavy atom. The van der Waals surface area contributed by atoms with Gasteiger partial charge in [0, 0.05) is 18.6 Å². The molecule has 0 fully saturated rings. The molecule has 2 heterocycles. The number of benzene rings is 1. The minimum atomic E-state index is -0.169. The van der Waals surface area contributed by atoms with E-state index >= 15 is 0 Å². The number of halogens is 1. The summed E-state index contributed by atoms with van der Waals surface area (Å²) < 4.78 is 1.82. The number of nitrogens with one attached hydrogen (secondary N) is 1. The van der Waals surface area contributed by atoms with Crippen molar-refractivity contribution in [3.8, 4) is 0 Å². The predicted molar refractivity (Wildman–Crippen MR) is 92.8 cm³/mol. The number of aryl methyl sites for hydroxylation is 2. The van der Waals surface area contributed by atoms with Crippen LogP contribution >= 0.6 is 11.6 Å². The van der Waals surface area contributed by atoms with Crippen LogP contribution in [0.1, 0.15) is 34.7 Å². The third kappa shape index (κ3) is 2.82. The Bertz CT molecular complexity index is 885. The number of amides is 1. The molecule has 1 atom stereocenters. The van der Waals surface area contributed by atoms with E-state index in [4.69, 9.17) is 11.6 Å². The Balaban J connectivity index is 1.91. The highest BCUT2D eigenvalue weighted by atomic mass is 35.5. The van der Waals surface area contributed by atoms with Crippen molar-refractivity contribution in [3.05, 3.63) is 64.6 Å². The Labute approximate surface area is 140 Å². The number of nitrogens with zero attached hydrogens (tertiary/aromatic N) is 2. The van der Waals surface area contributed by atoms with E-state index < -0.39 is 0 Å². The Kier molecular flexibility index (Phi) is 4.09. The molecule has 3 aromatic rings. The van der Waals surface area contributed by atoms with Crippen molar-refractivity contribution < 1.29 is 4.79 Å². The lowest BCUT2D eigenvalue weighted by Crippen LogP contribution is -2.29. The molecule has 118 valence electrons. The van der Waals surface area contributed by atoms with Crippen molar-refractivity contribution in [2.45, 2.75) is 19.9 Å². The maximum atomic E-state index is 12.6. The first-order chi connectivity index (χ1) is 11.0. The number of carbonyl (C=O) groups is 1. The average molecular weight is 328 g/mol. The maximum Gasteiger partial charge on any atom is 0.268 e. The normalized spacial score (nSPS) is 12.3. The van der Waals surface area contributed by atoms with E-state index in [1.807, 2.05) is 61.9 Å². The topological polar surface area (TPSA) is 46.9 Å². The molecule has 0 unspecified atom stereocenters. The van der Waals surface area contributed by atoms with Crippen LogP contribution in [0.5, 0.6) is 0 Å². The lowest BCUT2D eigenvalue weighted by Gasteiger charge is -2.15. The van der Waals surface area contributed by atoms with Gasteiger partial charge >= 0.3 is 0 Å². The van der Waals surface area contributed by atoms with Crippen molar-refractivity contribution in [2.24, 2.45) is 7.05 Å². The fourth-order valence-corrected chi connectivity index (χ4v) is 3.18. The number of carbonyl (C=O) groups excluding carboxylic acids is 1. The van der Waals surface area contributed by atoms with Gasteiger partial charge in [0.25, 0.3) is 5.91 Å². The lowest BCUT2D eigenvalue weighted by atomic mass is 10.1. The van der Waals surface area contributed by atoms with Crippen LogP contribution in [-0.2, 0) is 7.05 Å². The van der Waals surface area contributed by atoms with Crippen LogP contribution in [0, 0.1) is 6.92 Å². The van der Waals surface area contributed by atoms with Gasteiger partial charge in [-0.15, -0.1) is 0 Å². The summed E-state index contributed by atoms with van der Waals surface area (Å²) in [5, 5.41) is 4.60. The number of hydrogen-bond acceptors (Lipinski definition) is 2. The van der Waals surface area contributed by atoms with E-state index in [-0.39, 0.29) is 11.9 Å². The van der Waals surface area contributed by atoms with Crippen LogP contribution in [0.25, 0.3) is 10.9 Å². The van der Waals surface area contributed by atoms with Crippen molar-refractivity contribution in [1.29, 1.82) is 0 Å². The standard InChI is InChI=1S/C18H18ClN3O/c1-11-6-5-9-20-16(11)12(2)21-18(23)15-10-13-7-4-8-14(19)17(13)22(15)3/h4-10,12H,1-3H3,(H,21,23)/t12-/m1/s1. The van der Waals surface area contributed by atoms with Gasteiger partial charge in [0.05, 0.1) is 22.3 Å². The molecule has 23 heavy (non-hydrogen) atoms. The van der Waals surface area contributed by atoms with Gasteiger partial charge in [0.1, 0.15) is 5.69 Å². The number of hydrogen-bond donors (Lipinski definition) is 1. The number of pyridine rings is 1. The summed E-state index contributed by atoms with van der Waals surface area (Å²) in [7, 11) is 1.85. The Morgan fingerprint density at radius 1 is 1.30 bits per heavy atom. The van der Waals surface area contributed by atoms with Crippen LogP contribution in [-0.4, -0.2) is 15.5 Å². The highest BCUT2D eigenvalue weighted by Crippen LogP contribution is 2.26. The molecule has 3 rings (SSSR count). The number of aromatic nitrogens is 2. The van der Waals surface area contributed by atoms with Gasteiger partial charge in [-0.25, -0.2) is 0 Å². The predicted octanol–water partition coefficient (Wildman–Crippen LogP) is 4.03. The summed E-state index contributed by atoms with van der Waals surface area (Å²) >= 11 is 6.24. The highest BCUT2D eigenvalue weighted by Gasteiger charge is 2.18.